The zero-order valence-corrected chi connectivity index (χ0v) is 11.5. The molecule has 0 bridgehead atoms. The van der Waals surface area contributed by atoms with E-state index in [1.807, 2.05) is 24.3 Å². The molecule has 0 saturated carbocycles. The van der Waals surface area contributed by atoms with E-state index < -0.39 is 0 Å². The number of halogens is 1. The maximum Gasteiger partial charge on any atom is 0.230 e. The van der Waals surface area contributed by atoms with E-state index in [1.165, 1.54) is 0 Å². The van der Waals surface area contributed by atoms with Crippen molar-refractivity contribution in [1.29, 1.82) is 0 Å². The summed E-state index contributed by atoms with van der Waals surface area (Å²) in [7, 11) is 0. The van der Waals surface area contributed by atoms with Crippen LogP contribution in [0.25, 0.3) is 11.1 Å². The van der Waals surface area contributed by atoms with Gasteiger partial charge < -0.3 is 10.3 Å². The van der Waals surface area contributed by atoms with Crippen LogP contribution in [0.3, 0.4) is 0 Å². The summed E-state index contributed by atoms with van der Waals surface area (Å²) < 4.78 is 6.13. The summed E-state index contributed by atoms with van der Waals surface area (Å²) in [5.41, 5.74) is 8.75. The highest BCUT2D eigenvalue weighted by molar-refractivity contribution is 9.10. The largest absolute Gasteiger partial charge is 0.367 e. The number of nitrogens with zero attached hydrogens (tertiary/aromatic N) is 1. The molecule has 1 unspecified atom stereocenters. The smallest absolute Gasteiger partial charge is 0.230 e. The van der Waals surface area contributed by atoms with Gasteiger partial charge in [0.2, 0.25) is 5.88 Å². The molecule has 0 saturated heterocycles. The summed E-state index contributed by atoms with van der Waals surface area (Å²) in [5.74, 6) is 0.713. The van der Waals surface area contributed by atoms with E-state index in [9.17, 15) is 0 Å². The van der Waals surface area contributed by atoms with E-state index in [0.717, 1.165) is 27.7 Å². The van der Waals surface area contributed by atoms with Crippen LogP contribution in [0.1, 0.15) is 31.9 Å². The summed E-state index contributed by atoms with van der Waals surface area (Å²) in [6.45, 7) is 4.25. The average molecular weight is 295 g/mol. The first-order valence-electron chi connectivity index (χ1n) is 5.65. The Labute approximate surface area is 109 Å². The number of benzene rings is 1. The molecule has 0 aliphatic rings. The Balaban J connectivity index is 2.59. The number of hydrogen-bond donors (Lipinski definition) is 1. The molecule has 0 aliphatic heterocycles. The van der Waals surface area contributed by atoms with Gasteiger partial charge in [0.05, 0.1) is 11.3 Å². The molecular weight excluding hydrogens is 280 g/mol. The molecule has 1 aromatic heterocycles. The van der Waals surface area contributed by atoms with Crippen LogP contribution in [0.2, 0.25) is 0 Å². The van der Waals surface area contributed by atoms with Crippen LogP contribution in [0.4, 0.5) is 5.88 Å². The first-order valence-corrected chi connectivity index (χ1v) is 6.44. The van der Waals surface area contributed by atoms with E-state index in [1.54, 1.807) is 0 Å². The summed E-state index contributed by atoms with van der Waals surface area (Å²) in [5, 5.41) is 4.08. The third-order valence-corrected chi connectivity index (χ3v) is 3.66. The first kappa shape index (κ1) is 12.2. The lowest BCUT2D eigenvalue weighted by Crippen LogP contribution is -1.96. The van der Waals surface area contributed by atoms with Crippen LogP contribution in [0, 0.1) is 0 Å². The summed E-state index contributed by atoms with van der Waals surface area (Å²) in [6, 6.07) is 7.95. The minimum Gasteiger partial charge on any atom is -0.367 e. The molecule has 1 atom stereocenters. The third-order valence-electron chi connectivity index (χ3n) is 2.97. The number of anilines is 1. The van der Waals surface area contributed by atoms with Gasteiger partial charge in [0.1, 0.15) is 0 Å². The molecule has 0 spiro atoms. The monoisotopic (exact) mass is 294 g/mol. The van der Waals surface area contributed by atoms with Crippen LogP contribution in [0.15, 0.2) is 33.3 Å². The van der Waals surface area contributed by atoms with E-state index in [-0.39, 0.29) is 0 Å². The van der Waals surface area contributed by atoms with Crippen molar-refractivity contribution in [2.24, 2.45) is 0 Å². The lowest BCUT2D eigenvalue weighted by atomic mass is 9.96. The highest BCUT2D eigenvalue weighted by Gasteiger charge is 2.20. The van der Waals surface area contributed by atoms with Crippen LogP contribution in [-0.4, -0.2) is 5.16 Å². The van der Waals surface area contributed by atoms with Crippen LogP contribution >= 0.6 is 15.9 Å². The lowest BCUT2D eigenvalue weighted by molar-refractivity contribution is 0.421. The maximum atomic E-state index is 5.88. The fourth-order valence-electron chi connectivity index (χ4n) is 1.78. The van der Waals surface area contributed by atoms with E-state index in [0.29, 0.717) is 11.8 Å². The van der Waals surface area contributed by atoms with Crippen molar-refractivity contribution < 1.29 is 4.52 Å². The molecule has 1 aromatic carbocycles. The minimum absolute atomic E-state index is 0.332. The van der Waals surface area contributed by atoms with Crippen LogP contribution in [-0.2, 0) is 0 Å². The molecule has 2 rings (SSSR count). The fourth-order valence-corrected chi connectivity index (χ4v) is 2.26. The predicted octanol–water partition coefficient (Wildman–Crippen LogP) is 4.20. The number of nitrogen functional groups attached to an aromatic ring is 1. The van der Waals surface area contributed by atoms with Crippen molar-refractivity contribution in [2.45, 2.75) is 26.2 Å². The Morgan fingerprint density at radius 3 is 2.76 bits per heavy atom. The molecule has 0 aliphatic carbocycles. The standard InChI is InChI=1S/C13H15BrN2O/c1-3-8(2)12-11(13(15)17-16-12)9-6-4-5-7-10(9)14/h4-8H,3,15H2,1-2H3. The molecule has 0 fully saturated rings. The molecular formula is C13H15BrN2O. The van der Waals surface area contributed by atoms with Gasteiger partial charge in [-0.1, -0.05) is 53.1 Å². The van der Waals surface area contributed by atoms with Crippen molar-refractivity contribution in [3.05, 3.63) is 34.4 Å². The molecule has 4 heteroatoms. The van der Waals surface area contributed by atoms with Crippen molar-refractivity contribution in [3.8, 4) is 11.1 Å². The van der Waals surface area contributed by atoms with Gasteiger partial charge in [0.15, 0.2) is 0 Å². The molecule has 2 N–H and O–H groups in total. The Kier molecular flexibility index (Phi) is 3.52. The van der Waals surface area contributed by atoms with Crippen molar-refractivity contribution in [3.63, 3.8) is 0 Å². The minimum atomic E-state index is 0.332. The van der Waals surface area contributed by atoms with Gasteiger partial charge in [-0.2, -0.15) is 0 Å². The third kappa shape index (κ3) is 2.22. The summed E-state index contributed by atoms with van der Waals surface area (Å²) in [4.78, 5) is 0. The highest BCUT2D eigenvalue weighted by atomic mass is 79.9. The van der Waals surface area contributed by atoms with Gasteiger partial charge in [-0.15, -0.1) is 0 Å². The summed E-state index contributed by atoms with van der Waals surface area (Å²) >= 11 is 3.53. The Hall–Kier alpha value is -1.29. The molecule has 0 radical (unpaired) electrons. The number of rotatable bonds is 3. The summed E-state index contributed by atoms with van der Waals surface area (Å²) in [6.07, 6.45) is 1.00. The normalized spacial score (nSPS) is 12.6. The second-order valence-corrected chi connectivity index (χ2v) is 4.95. The van der Waals surface area contributed by atoms with Crippen molar-refractivity contribution >= 4 is 21.8 Å². The first-order chi connectivity index (χ1) is 8.15. The lowest BCUT2D eigenvalue weighted by Gasteiger charge is -2.08. The zero-order chi connectivity index (χ0) is 12.4. The van der Waals surface area contributed by atoms with E-state index >= 15 is 0 Å². The van der Waals surface area contributed by atoms with Crippen molar-refractivity contribution in [2.75, 3.05) is 5.73 Å². The van der Waals surface area contributed by atoms with Gasteiger partial charge in [-0.25, -0.2) is 0 Å². The fraction of sp³-hybridized carbons (Fsp3) is 0.308. The second-order valence-electron chi connectivity index (χ2n) is 4.10. The Bertz CT molecular complexity index is 522. The zero-order valence-electron chi connectivity index (χ0n) is 9.90. The Morgan fingerprint density at radius 1 is 1.41 bits per heavy atom. The maximum absolute atomic E-state index is 5.88. The van der Waals surface area contributed by atoms with Gasteiger partial charge in [-0.05, 0) is 12.5 Å². The molecule has 0 amide bonds. The van der Waals surface area contributed by atoms with Crippen LogP contribution < -0.4 is 5.73 Å². The number of aromatic nitrogens is 1. The molecule has 90 valence electrons. The number of nitrogens with two attached hydrogens (primary N) is 1. The second kappa shape index (κ2) is 4.92. The molecule has 1 heterocycles. The van der Waals surface area contributed by atoms with Gasteiger partial charge in [0, 0.05) is 16.0 Å². The van der Waals surface area contributed by atoms with Gasteiger partial charge >= 0.3 is 0 Å². The van der Waals surface area contributed by atoms with Crippen LogP contribution in [0.5, 0.6) is 0 Å². The molecule has 17 heavy (non-hydrogen) atoms. The van der Waals surface area contributed by atoms with Gasteiger partial charge in [-0.3, -0.25) is 0 Å². The topological polar surface area (TPSA) is 52.0 Å². The molecule has 2 aromatic rings. The SMILES string of the molecule is CCC(C)c1noc(N)c1-c1ccccc1Br. The highest BCUT2D eigenvalue weighted by Crippen LogP contribution is 2.38. The average Bonchev–Trinajstić information content (AvgIpc) is 2.71. The Morgan fingerprint density at radius 2 is 2.12 bits per heavy atom. The predicted molar refractivity (Wildman–Crippen MR) is 72.8 cm³/mol. The van der Waals surface area contributed by atoms with E-state index in [2.05, 4.69) is 34.9 Å². The van der Waals surface area contributed by atoms with Crippen molar-refractivity contribution in [1.82, 2.24) is 5.16 Å². The van der Waals surface area contributed by atoms with Gasteiger partial charge in [0.25, 0.3) is 0 Å². The quantitative estimate of drug-likeness (QED) is 0.923. The molecule has 3 nitrogen and oxygen atoms in total. The number of hydrogen-bond acceptors (Lipinski definition) is 3. The van der Waals surface area contributed by atoms with E-state index in [4.69, 9.17) is 10.3 Å².